The van der Waals surface area contributed by atoms with Gasteiger partial charge in [0.2, 0.25) is 5.88 Å². The van der Waals surface area contributed by atoms with Gasteiger partial charge in [0.05, 0.1) is 5.02 Å². The number of hydrogen-bond acceptors (Lipinski definition) is 4. The lowest BCUT2D eigenvalue weighted by Gasteiger charge is -2.27. The molecule has 0 amide bonds. The van der Waals surface area contributed by atoms with E-state index in [2.05, 4.69) is 4.98 Å². The highest BCUT2D eigenvalue weighted by molar-refractivity contribution is 6.35. The van der Waals surface area contributed by atoms with E-state index in [0.29, 0.717) is 33.4 Å². The molecule has 5 nitrogen and oxygen atoms in total. The zero-order chi connectivity index (χ0) is 20.4. The first-order valence-corrected chi connectivity index (χ1v) is 10.1. The zero-order valence-electron chi connectivity index (χ0n) is 15.7. The van der Waals surface area contributed by atoms with Gasteiger partial charge in [0.1, 0.15) is 12.2 Å². The van der Waals surface area contributed by atoms with Crippen molar-refractivity contribution in [2.75, 3.05) is 0 Å². The maximum Gasteiger partial charge on any atom is 0.303 e. The van der Waals surface area contributed by atoms with Gasteiger partial charge in [0, 0.05) is 41.1 Å². The summed E-state index contributed by atoms with van der Waals surface area (Å²) >= 11 is 6.09. The number of furan rings is 1. The Hall–Kier alpha value is -2.60. The topological polar surface area (TPSA) is 72.6 Å². The second kappa shape index (κ2) is 8.41. The third-order valence-electron chi connectivity index (χ3n) is 5.53. The van der Waals surface area contributed by atoms with Crippen LogP contribution in [0.4, 0.5) is 4.39 Å². The molecule has 2 heterocycles. The molecule has 0 spiro atoms. The molecule has 0 saturated heterocycles. The number of halogens is 2. The number of pyridine rings is 1. The fraction of sp³-hybridized carbons (Fsp3) is 0.364. The number of carboxylic acids is 1. The predicted molar refractivity (Wildman–Crippen MR) is 107 cm³/mol. The number of carbonyl (C=O) groups is 1. The molecule has 1 aliphatic rings. The molecule has 1 fully saturated rings. The van der Waals surface area contributed by atoms with E-state index in [1.54, 1.807) is 18.2 Å². The summed E-state index contributed by atoms with van der Waals surface area (Å²) in [4.78, 5) is 15.5. The van der Waals surface area contributed by atoms with Crippen LogP contribution in [0, 0.1) is 11.9 Å². The summed E-state index contributed by atoms with van der Waals surface area (Å²) in [6.45, 7) is 0.183. The van der Waals surface area contributed by atoms with Crippen molar-refractivity contribution < 1.29 is 23.4 Å². The summed E-state index contributed by atoms with van der Waals surface area (Å²) in [5.74, 6) is 0.328. The molecule has 0 bridgehead atoms. The number of aromatic nitrogens is 1. The molecule has 0 unspecified atom stereocenters. The monoisotopic (exact) mass is 417 g/mol. The molecular weight excluding hydrogens is 397 g/mol. The molecule has 1 N–H and O–H groups in total. The van der Waals surface area contributed by atoms with Crippen LogP contribution in [-0.4, -0.2) is 16.1 Å². The van der Waals surface area contributed by atoms with Crippen LogP contribution in [0.3, 0.4) is 0 Å². The zero-order valence-corrected chi connectivity index (χ0v) is 16.5. The van der Waals surface area contributed by atoms with Crippen molar-refractivity contribution in [2.45, 2.75) is 44.6 Å². The largest absolute Gasteiger partial charge is 0.481 e. The average molecular weight is 418 g/mol. The second-order valence-corrected chi connectivity index (χ2v) is 7.91. The van der Waals surface area contributed by atoms with Gasteiger partial charge >= 0.3 is 5.97 Å². The molecule has 7 heteroatoms. The van der Waals surface area contributed by atoms with Crippen molar-refractivity contribution in [2.24, 2.45) is 5.92 Å². The van der Waals surface area contributed by atoms with E-state index in [1.165, 1.54) is 6.07 Å². The molecule has 4 rings (SSSR count). The molecule has 0 radical (unpaired) electrons. The van der Waals surface area contributed by atoms with Crippen LogP contribution in [0.25, 0.3) is 11.0 Å². The Morgan fingerprint density at radius 3 is 2.79 bits per heavy atom. The van der Waals surface area contributed by atoms with Gasteiger partial charge in [0.25, 0.3) is 6.01 Å². The predicted octanol–water partition coefficient (Wildman–Crippen LogP) is 5.95. The molecule has 29 heavy (non-hydrogen) atoms. The van der Waals surface area contributed by atoms with Gasteiger partial charge in [-0.1, -0.05) is 23.7 Å². The lowest BCUT2D eigenvalue weighted by Crippen LogP contribution is -2.17. The summed E-state index contributed by atoms with van der Waals surface area (Å²) in [6, 6.07) is 9.70. The summed E-state index contributed by atoms with van der Waals surface area (Å²) in [5, 5.41) is 9.90. The first-order chi connectivity index (χ1) is 14.0. The summed E-state index contributed by atoms with van der Waals surface area (Å²) in [5.41, 5.74) is 2.03. The molecule has 3 aromatic rings. The number of nitrogens with zero attached hydrogens (tertiary/aromatic N) is 1. The molecule has 1 aromatic carbocycles. The van der Waals surface area contributed by atoms with E-state index >= 15 is 0 Å². The van der Waals surface area contributed by atoms with E-state index in [9.17, 15) is 9.18 Å². The first kappa shape index (κ1) is 19.7. The van der Waals surface area contributed by atoms with Gasteiger partial charge in [0.15, 0.2) is 0 Å². The minimum absolute atomic E-state index is 0.183. The number of fused-ring (bicyclic) bond motifs is 1. The third-order valence-corrected chi connectivity index (χ3v) is 5.86. The van der Waals surface area contributed by atoms with E-state index in [0.717, 1.165) is 31.4 Å². The highest BCUT2D eigenvalue weighted by Gasteiger charge is 2.25. The van der Waals surface area contributed by atoms with Gasteiger partial charge in [-0.2, -0.15) is 4.39 Å². The number of carboxylic acid groups (broad SMARTS) is 1. The average Bonchev–Trinajstić information content (AvgIpc) is 3.10. The quantitative estimate of drug-likeness (QED) is 0.536. The number of ether oxygens (including phenoxy) is 1. The van der Waals surface area contributed by atoms with Gasteiger partial charge < -0.3 is 14.3 Å². The van der Waals surface area contributed by atoms with E-state index < -0.39 is 12.0 Å². The fourth-order valence-corrected chi connectivity index (χ4v) is 4.23. The Kier molecular flexibility index (Phi) is 5.72. The van der Waals surface area contributed by atoms with Gasteiger partial charge in [-0.15, -0.1) is 0 Å². The second-order valence-electron chi connectivity index (χ2n) is 7.50. The lowest BCUT2D eigenvalue weighted by atomic mass is 9.79. The third kappa shape index (κ3) is 4.53. The maximum absolute atomic E-state index is 13.5. The summed E-state index contributed by atoms with van der Waals surface area (Å²) in [7, 11) is 0. The number of benzene rings is 1. The minimum atomic E-state index is -0.727. The SMILES string of the molecule is O=C(O)CC1CCC(c2cccc(OCc3ccc(Cl)c4cc(F)oc34)n2)CC1. The maximum atomic E-state index is 13.5. The molecular formula is C22H21ClFNO4. The summed E-state index contributed by atoms with van der Waals surface area (Å²) in [6.07, 6.45) is 3.90. The van der Waals surface area contributed by atoms with Crippen molar-refractivity contribution in [1.82, 2.24) is 4.98 Å². The number of rotatable bonds is 6. The molecule has 0 atom stereocenters. The van der Waals surface area contributed by atoms with Crippen molar-refractivity contribution in [1.29, 1.82) is 0 Å². The molecule has 2 aromatic heterocycles. The molecule has 1 aliphatic carbocycles. The Labute approximate surface area is 172 Å². The van der Waals surface area contributed by atoms with Crippen LogP contribution < -0.4 is 4.74 Å². The van der Waals surface area contributed by atoms with Crippen LogP contribution in [0.2, 0.25) is 5.02 Å². The fourth-order valence-electron chi connectivity index (χ4n) is 4.03. The van der Waals surface area contributed by atoms with E-state index in [4.69, 9.17) is 25.9 Å². The smallest absolute Gasteiger partial charge is 0.303 e. The van der Waals surface area contributed by atoms with Gasteiger partial charge in [-0.05, 0) is 43.7 Å². The Morgan fingerprint density at radius 2 is 2.03 bits per heavy atom. The van der Waals surface area contributed by atoms with Gasteiger partial charge in [-0.25, -0.2) is 4.98 Å². The Balaban J connectivity index is 1.43. The van der Waals surface area contributed by atoms with Crippen LogP contribution >= 0.6 is 11.6 Å². The van der Waals surface area contributed by atoms with Crippen LogP contribution in [-0.2, 0) is 11.4 Å². The van der Waals surface area contributed by atoms with Crippen molar-refractivity contribution in [3.05, 3.63) is 58.7 Å². The minimum Gasteiger partial charge on any atom is -0.481 e. The highest BCUT2D eigenvalue weighted by atomic mass is 35.5. The van der Waals surface area contributed by atoms with Crippen LogP contribution in [0.1, 0.15) is 49.3 Å². The van der Waals surface area contributed by atoms with Gasteiger partial charge in [-0.3, -0.25) is 4.79 Å². The molecule has 0 aliphatic heterocycles. The highest BCUT2D eigenvalue weighted by Crippen LogP contribution is 2.37. The van der Waals surface area contributed by atoms with E-state index in [1.807, 2.05) is 12.1 Å². The standard InChI is InChI=1S/C22H21ClFNO4/c23-17-9-8-15(22-16(17)11-19(24)29-22)12-28-20-3-1-2-18(25-20)14-6-4-13(5-7-14)10-21(26)27/h1-3,8-9,11,13-14H,4-7,10,12H2,(H,26,27). The number of aliphatic carboxylic acids is 1. The molecule has 152 valence electrons. The summed E-state index contributed by atoms with van der Waals surface area (Å²) < 4.78 is 24.5. The Morgan fingerprint density at radius 1 is 1.24 bits per heavy atom. The molecule has 1 saturated carbocycles. The van der Waals surface area contributed by atoms with Crippen LogP contribution in [0.5, 0.6) is 5.88 Å². The number of hydrogen-bond donors (Lipinski definition) is 1. The van der Waals surface area contributed by atoms with E-state index in [-0.39, 0.29) is 18.9 Å². The lowest BCUT2D eigenvalue weighted by molar-refractivity contribution is -0.138. The van der Waals surface area contributed by atoms with Crippen molar-refractivity contribution in [3.63, 3.8) is 0 Å². The Bertz CT molecular complexity index is 1030. The normalized spacial score (nSPS) is 19.4. The first-order valence-electron chi connectivity index (χ1n) is 9.67. The van der Waals surface area contributed by atoms with Crippen LogP contribution in [0.15, 0.2) is 40.8 Å². The van der Waals surface area contributed by atoms with Crippen molar-refractivity contribution in [3.8, 4) is 5.88 Å². The van der Waals surface area contributed by atoms with Crippen molar-refractivity contribution >= 4 is 28.5 Å².